The van der Waals surface area contributed by atoms with Gasteiger partial charge in [0.1, 0.15) is 5.01 Å². The van der Waals surface area contributed by atoms with Crippen LogP contribution in [0.1, 0.15) is 11.3 Å². The van der Waals surface area contributed by atoms with Crippen LogP contribution in [0, 0.1) is 0 Å². The Kier molecular flexibility index (Phi) is 6.54. The molecule has 1 fully saturated rings. The van der Waals surface area contributed by atoms with Crippen LogP contribution in [-0.2, 0) is 16.0 Å². The van der Waals surface area contributed by atoms with Crippen LogP contribution in [-0.4, -0.2) is 45.0 Å². The van der Waals surface area contributed by atoms with Gasteiger partial charge < -0.3 is 5.32 Å². The van der Waals surface area contributed by atoms with E-state index >= 15 is 0 Å². The molecule has 0 radical (unpaired) electrons. The molecular formula is C22H18N4O3S2. The van der Waals surface area contributed by atoms with Gasteiger partial charge in [0.05, 0.1) is 17.0 Å². The van der Waals surface area contributed by atoms with Crippen LogP contribution in [0.3, 0.4) is 0 Å². The van der Waals surface area contributed by atoms with E-state index in [0.29, 0.717) is 10.6 Å². The van der Waals surface area contributed by atoms with Gasteiger partial charge in [-0.25, -0.2) is 4.98 Å². The molecule has 1 saturated heterocycles. The number of pyridine rings is 1. The van der Waals surface area contributed by atoms with Gasteiger partial charge in [-0.15, -0.1) is 11.3 Å². The normalized spacial score (nSPS) is 15.0. The number of aromatic nitrogens is 2. The molecule has 3 heterocycles. The van der Waals surface area contributed by atoms with Gasteiger partial charge in [0.2, 0.25) is 5.91 Å². The van der Waals surface area contributed by atoms with Crippen molar-refractivity contribution >= 4 is 46.2 Å². The third kappa shape index (κ3) is 5.25. The second kappa shape index (κ2) is 9.67. The van der Waals surface area contributed by atoms with Crippen molar-refractivity contribution in [3.63, 3.8) is 0 Å². The SMILES string of the molecule is O=C(Cc1csc(-c2cccnc2)n1)NCCN1C(=O)S/C(=C/c2ccccc2)C1=O. The molecule has 0 aliphatic carbocycles. The number of thioether (sulfide) groups is 1. The summed E-state index contributed by atoms with van der Waals surface area (Å²) in [6.45, 7) is 0.315. The van der Waals surface area contributed by atoms with Crippen molar-refractivity contribution in [2.45, 2.75) is 6.42 Å². The van der Waals surface area contributed by atoms with Crippen molar-refractivity contribution in [1.29, 1.82) is 0 Å². The van der Waals surface area contributed by atoms with Crippen LogP contribution in [0.4, 0.5) is 4.79 Å². The highest BCUT2D eigenvalue weighted by Crippen LogP contribution is 2.31. The third-order valence-corrected chi connectivity index (χ3v) is 6.28. The molecule has 2 aromatic heterocycles. The predicted octanol–water partition coefficient (Wildman–Crippen LogP) is 3.60. The summed E-state index contributed by atoms with van der Waals surface area (Å²) in [5, 5.41) is 5.06. The molecule has 7 nitrogen and oxygen atoms in total. The fraction of sp³-hybridized carbons (Fsp3) is 0.136. The number of carbonyl (C=O) groups excluding carboxylic acids is 3. The standard InChI is InChI=1S/C22H18N4O3S2/c27-19(12-17-14-30-20(25-17)16-7-4-8-23-13-16)24-9-10-26-21(28)18(31-22(26)29)11-15-5-2-1-3-6-15/h1-8,11,13-14H,9-10,12H2,(H,24,27)/b18-11+. The Balaban J connectivity index is 1.28. The Morgan fingerprint density at radius 1 is 1.13 bits per heavy atom. The fourth-order valence-corrected chi connectivity index (χ4v) is 4.61. The van der Waals surface area contributed by atoms with E-state index in [-0.39, 0.29) is 36.6 Å². The van der Waals surface area contributed by atoms with Crippen molar-refractivity contribution in [2.75, 3.05) is 13.1 Å². The number of hydrogen-bond acceptors (Lipinski definition) is 7. The number of rotatable bonds is 7. The lowest BCUT2D eigenvalue weighted by Gasteiger charge is -2.12. The molecule has 1 N–H and O–H groups in total. The molecule has 3 aromatic rings. The Bertz CT molecular complexity index is 1130. The van der Waals surface area contributed by atoms with Gasteiger partial charge in [0.25, 0.3) is 11.1 Å². The molecule has 1 aliphatic heterocycles. The highest BCUT2D eigenvalue weighted by atomic mass is 32.2. The zero-order valence-electron chi connectivity index (χ0n) is 16.4. The largest absolute Gasteiger partial charge is 0.354 e. The van der Waals surface area contributed by atoms with Crippen LogP contribution in [0.5, 0.6) is 0 Å². The zero-order valence-corrected chi connectivity index (χ0v) is 18.0. The van der Waals surface area contributed by atoms with E-state index < -0.39 is 0 Å². The molecule has 31 heavy (non-hydrogen) atoms. The average molecular weight is 451 g/mol. The van der Waals surface area contributed by atoms with Crippen LogP contribution in [0.25, 0.3) is 16.6 Å². The number of nitrogens with one attached hydrogen (secondary N) is 1. The van der Waals surface area contributed by atoms with Crippen molar-refractivity contribution < 1.29 is 14.4 Å². The summed E-state index contributed by atoms with van der Waals surface area (Å²) >= 11 is 2.36. The second-order valence-corrected chi connectivity index (χ2v) is 8.51. The summed E-state index contributed by atoms with van der Waals surface area (Å²) in [7, 11) is 0. The van der Waals surface area contributed by atoms with Gasteiger partial charge in [-0.05, 0) is 35.5 Å². The lowest BCUT2D eigenvalue weighted by Crippen LogP contribution is -2.37. The van der Waals surface area contributed by atoms with Gasteiger partial charge in [0.15, 0.2) is 0 Å². The molecule has 156 valence electrons. The van der Waals surface area contributed by atoms with E-state index in [4.69, 9.17) is 0 Å². The lowest BCUT2D eigenvalue weighted by molar-refractivity contribution is -0.124. The Labute approximate surface area is 187 Å². The molecule has 4 rings (SSSR count). The fourth-order valence-electron chi connectivity index (χ4n) is 2.94. The van der Waals surface area contributed by atoms with Gasteiger partial charge in [-0.1, -0.05) is 30.3 Å². The number of thiazole rings is 1. The highest BCUT2D eigenvalue weighted by Gasteiger charge is 2.34. The number of imide groups is 1. The van der Waals surface area contributed by atoms with Crippen LogP contribution >= 0.6 is 23.1 Å². The predicted molar refractivity (Wildman–Crippen MR) is 121 cm³/mol. The molecular weight excluding hydrogens is 432 g/mol. The monoisotopic (exact) mass is 450 g/mol. The van der Waals surface area contributed by atoms with Gasteiger partial charge in [-0.2, -0.15) is 0 Å². The highest BCUT2D eigenvalue weighted by molar-refractivity contribution is 8.18. The van der Waals surface area contributed by atoms with Crippen molar-refractivity contribution in [3.8, 4) is 10.6 Å². The van der Waals surface area contributed by atoms with E-state index in [9.17, 15) is 14.4 Å². The Hall–Kier alpha value is -3.30. The maximum Gasteiger partial charge on any atom is 0.293 e. The van der Waals surface area contributed by atoms with Gasteiger partial charge in [0, 0.05) is 36.4 Å². The minimum Gasteiger partial charge on any atom is -0.354 e. The molecule has 1 aromatic carbocycles. The Morgan fingerprint density at radius 2 is 1.97 bits per heavy atom. The minimum absolute atomic E-state index is 0.126. The van der Waals surface area contributed by atoms with E-state index in [2.05, 4.69) is 15.3 Å². The third-order valence-electron chi connectivity index (χ3n) is 4.43. The van der Waals surface area contributed by atoms with Crippen molar-refractivity contribution in [3.05, 3.63) is 76.4 Å². The first kappa shape index (κ1) is 21.0. The second-order valence-electron chi connectivity index (χ2n) is 6.66. The Morgan fingerprint density at radius 3 is 2.74 bits per heavy atom. The first-order chi connectivity index (χ1) is 15.1. The van der Waals surface area contributed by atoms with E-state index in [1.807, 2.05) is 47.8 Å². The first-order valence-corrected chi connectivity index (χ1v) is 11.2. The summed E-state index contributed by atoms with van der Waals surface area (Å²) in [5.74, 6) is -0.552. The molecule has 3 amide bonds. The molecule has 0 atom stereocenters. The number of hydrogen-bond donors (Lipinski definition) is 1. The topological polar surface area (TPSA) is 92.3 Å². The van der Waals surface area contributed by atoms with Crippen molar-refractivity contribution in [2.24, 2.45) is 0 Å². The average Bonchev–Trinajstić information content (AvgIpc) is 3.35. The van der Waals surface area contributed by atoms with Crippen LogP contribution in [0.15, 0.2) is 65.1 Å². The number of carbonyl (C=O) groups is 3. The van der Waals surface area contributed by atoms with Gasteiger partial charge in [-0.3, -0.25) is 24.3 Å². The van der Waals surface area contributed by atoms with E-state index in [1.54, 1.807) is 18.5 Å². The smallest absolute Gasteiger partial charge is 0.293 e. The molecule has 0 spiro atoms. The lowest BCUT2D eigenvalue weighted by atomic mass is 10.2. The number of benzene rings is 1. The summed E-state index contributed by atoms with van der Waals surface area (Å²) < 4.78 is 0. The molecule has 1 aliphatic rings. The van der Waals surface area contributed by atoms with Crippen LogP contribution in [0.2, 0.25) is 0 Å². The number of nitrogens with zero attached hydrogens (tertiary/aromatic N) is 3. The maximum absolute atomic E-state index is 12.5. The molecule has 0 unspecified atom stereocenters. The molecule has 0 saturated carbocycles. The van der Waals surface area contributed by atoms with Gasteiger partial charge >= 0.3 is 0 Å². The summed E-state index contributed by atoms with van der Waals surface area (Å²) in [6.07, 6.45) is 5.25. The maximum atomic E-state index is 12.5. The molecule has 9 heteroatoms. The molecule has 0 bridgehead atoms. The summed E-state index contributed by atoms with van der Waals surface area (Å²) in [5.41, 5.74) is 2.43. The number of amides is 3. The van der Waals surface area contributed by atoms with E-state index in [1.165, 1.54) is 11.3 Å². The quantitative estimate of drug-likeness (QED) is 0.553. The first-order valence-electron chi connectivity index (χ1n) is 9.52. The van der Waals surface area contributed by atoms with Crippen LogP contribution < -0.4 is 5.32 Å². The minimum atomic E-state index is -0.339. The zero-order chi connectivity index (χ0) is 21.6. The van der Waals surface area contributed by atoms with E-state index in [0.717, 1.165) is 32.8 Å². The van der Waals surface area contributed by atoms with Crippen molar-refractivity contribution in [1.82, 2.24) is 20.2 Å². The summed E-state index contributed by atoms with van der Waals surface area (Å²) in [6, 6.07) is 13.1. The summed E-state index contributed by atoms with van der Waals surface area (Å²) in [4.78, 5) is 47.0.